The van der Waals surface area contributed by atoms with Gasteiger partial charge in [0.15, 0.2) is 15.6 Å². The van der Waals surface area contributed by atoms with E-state index in [1.54, 1.807) is 0 Å². The molecule has 0 spiro atoms. The van der Waals surface area contributed by atoms with Gasteiger partial charge in [-0.3, -0.25) is 44.1 Å². The minimum absolute atomic E-state index is 0.125. The van der Waals surface area contributed by atoms with E-state index in [1.807, 2.05) is 5.32 Å². The first-order valence-electron chi connectivity index (χ1n) is 35.9. The van der Waals surface area contributed by atoms with Crippen molar-refractivity contribution in [3.63, 3.8) is 0 Å². The maximum absolute atomic E-state index is 17.0. The Morgan fingerprint density at radius 3 is 1.93 bits per heavy atom. The molecule has 6 atom stereocenters. The number of ether oxygens (including phenoxy) is 4. The van der Waals surface area contributed by atoms with Crippen molar-refractivity contribution in [3.05, 3.63) is 148 Å². The lowest BCUT2D eigenvalue weighted by molar-refractivity contribution is -0.231. The maximum Gasteiger partial charge on any atom is 0.524 e. The van der Waals surface area contributed by atoms with Crippen LogP contribution in [0.2, 0.25) is 0 Å². The Bertz CT molecular complexity index is 4880. The van der Waals surface area contributed by atoms with Crippen LogP contribution in [0, 0.1) is 53.1 Å². The highest BCUT2D eigenvalue weighted by atomic mass is 32.2. The number of sulfone groups is 1. The van der Waals surface area contributed by atoms with Crippen molar-refractivity contribution >= 4 is 70.9 Å². The molecule has 2 aromatic heterocycles. The number of alkyl carbamates (subject to hydrolysis) is 1. The van der Waals surface area contributed by atoms with Crippen molar-refractivity contribution in [1.29, 1.82) is 0 Å². The van der Waals surface area contributed by atoms with Crippen LogP contribution >= 0.6 is 7.82 Å². The summed E-state index contributed by atoms with van der Waals surface area (Å²) in [5, 5.41) is 18.2. The number of carbonyl (C=O) groups is 7. The Morgan fingerprint density at radius 1 is 0.784 bits per heavy atom. The second-order valence-corrected chi connectivity index (χ2v) is 33.6. The molecule has 2 unspecified atom stereocenters. The van der Waals surface area contributed by atoms with Crippen molar-refractivity contribution in [2.75, 3.05) is 63.5 Å². The Labute approximate surface area is 659 Å². The van der Waals surface area contributed by atoms with Crippen molar-refractivity contribution in [2.24, 2.45) is 22.7 Å². The van der Waals surface area contributed by atoms with Gasteiger partial charge in [-0.1, -0.05) is 57.7 Å². The number of hydrogen-bond donors (Lipinski definition) is 6. The number of hydrogen-bond acceptors (Lipinski definition) is 21. The molecule has 116 heavy (non-hydrogen) atoms. The fourth-order valence-corrected chi connectivity index (χ4v) is 15.3. The van der Waals surface area contributed by atoms with E-state index in [2.05, 4.69) is 56.9 Å². The first kappa shape index (κ1) is 89.8. The fourth-order valence-electron chi connectivity index (χ4n) is 14.2. The molecule has 3 saturated heterocycles. The summed E-state index contributed by atoms with van der Waals surface area (Å²) in [7, 11) is -8.26. The number of methoxy groups -OCH3 is 2. The lowest BCUT2D eigenvalue weighted by Crippen LogP contribution is -2.62. The van der Waals surface area contributed by atoms with E-state index in [-0.39, 0.29) is 32.6 Å². The molecular weight excluding hydrogens is 1590 g/mol. The number of Topliss-reactive ketones (excluding diaryl/α,β-unsaturated/α-hetero) is 1. The zero-order chi connectivity index (χ0) is 85.7. The SMILES string of the molecule is COC(=O)C[C@H](C(=O)NN(Cc1c(F)cc(-c2ccn(C(F)F)n2)cc1F)C[C@H](OC(=O)CC(C)(C)c1c(CC(=O)Nc2cc(C(=O)O)cc(S(C)(=O)=O)c2)cc(C)cc1OP(=O)(O)O)[C@@H](CC(=O)[C@@H](NC(=O)OC)C(C)(C)C(F)(F)F)Cc1ccc(C#Cc2cnc(N3CC4CCC(C3)N4C3COC3)nc2)cc1)C(C)(C)C(F)(F)F. The number of fused-ring (bicyclic) bond motifs is 2. The van der Waals surface area contributed by atoms with Crippen molar-refractivity contribution in [1.82, 2.24) is 40.4 Å². The predicted molar refractivity (Wildman–Crippen MR) is 393 cm³/mol. The molecule has 0 radical (unpaired) electrons. The first-order chi connectivity index (χ1) is 53.9. The molecule has 3 amide bonds. The number of carbonyl (C=O) groups excluding carboxylic acids is 6. The van der Waals surface area contributed by atoms with Crippen molar-refractivity contribution in [3.8, 4) is 28.8 Å². The number of nitrogens with zero attached hydrogens (tertiary/aromatic N) is 7. The number of carboxylic acid groups (broad SMARTS) is 1. The molecule has 5 heterocycles. The van der Waals surface area contributed by atoms with E-state index >= 15 is 44.7 Å². The Balaban J connectivity index is 1.18. The van der Waals surface area contributed by atoms with Gasteiger partial charge in [0.25, 0.3) is 0 Å². The van der Waals surface area contributed by atoms with Gasteiger partial charge in [-0.25, -0.2) is 51.0 Å². The van der Waals surface area contributed by atoms with Gasteiger partial charge in [0.05, 0.1) is 97.7 Å². The third-order valence-corrected chi connectivity index (χ3v) is 22.1. The highest BCUT2D eigenvalue weighted by Crippen LogP contribution is 2.48. The van der Waals surface area contributed by atoms with Gasteiger partial charge < -0.3 is 44.1 Å². The van der Waals surface area contributed by atoms with Crippen LogP contribution in [0.1, 0.15) is 129 Å². The van der Waals surface area contributed by atoms with Crippen LogP contribution < -0.4 is 25.5 Å². The van der Waals surface area contributed by atoms with Gasteiger partial charge in [0.1, 0.15) is 29.5 Å². The van der Waals surface area contributed by atoms with E-state index in [0.717, 1.165) is 69.8 Å². The van der Waals surface area contributed by atoms with Crippen LogP contribution in [0.4, 0.5) is 60.3 Å². The molecule has 6 N–H and O–H groups in total. The number of esters is 2. The standard InChI is InChI=1S/C76H85F10N10O18PS/c1-41-21-47(29-62(98)89-49-24-48(68(102)103)25-53(30-49)116(10,108)109)65(60(22-41)114-115(105,106)107)72(2,3)32-64(100)113-61(38-94(92-67(101)55(31-63(99)110-8)73(4,5)75(81,82)83)37-54-56(77)26-45(27-57(54)78)58-19-20-95(91-58)69(79)80)46(28-59(97)66(90-71(104)111-9)74(6,7)76(84,85)86)23-43-14-11-42(12-15-43)13-16-44-33-87-70(88-34-44)93-35-50-17-18-51(36-93)96(50)52-39-112-40-52/h11-12,14-15,19-22,24-27,30,33-34,46,50-52,55,61,66,69H,17-18,23,28-29,31-32,35-40H2,1-10H3,(H,89,98)(H,90,104)(H,92,101)(H,102,103)(H2,105,106,107)/t46-,50?,51?,55-,61+,66-/m1/s1. The quantitative estimate of drug-likeness (QED) is 0.00570. The Morgan fingerprint density at radius 2 is 1.40 bits per heavy atom. The molecular formula is C76H85F10N10O18PS. The summed E-state index contributed by atoms with van der Waals surface area (Å²) in [6.45, 7) is 2.85. The maximum atomic E-state index is 17.0. The lowest BCUT2D eigenvalue weighted by Gasteiger charge is -2.47. The monoisotopic (exact) mass is 1680 g/mol. The number of benzene rings is 4. The summed E-state index contributed by atoms with van der Waals surface area (Å²) in [5.41, 5.74) is -8.84. The summed E-state index contributed by atoms with van der Waals surface area (Å²) in [6.07, 6.45) is -13.1. The van der Waals surface area contributed by atoms with Gasteiger partial charge in [0.2, 0.25) is 17.8 Å². The van der Waals surface area contributed by atoms with Gasteiger partial charge in [-0.2, -0.15) is 40.2 Å². The zero-order valence-corrected chi connectivity index (χ0v) is 65.9. The number of amides is 3. The summed E-state index contributed by atoms with van der Waals surface area (Å²) in [4.78, 5) is 132. The number of aromatic carboxylic acids is 1. The summed E-state index contributed by atoms with van der Waals surface area (Å²) < 4.78 is 218. The molecule has 6 aromatic rings. The fraction of sp³-hybridized carbons (Fsp3) is 0.474. The largest absolute Gasteiger partial charge is 0.524 e. The van der Waals surface area contributed by atoms with Gasteiger partial charge in [-0.05, 0) is 111 Å². The average molecular weight is 1680 g/mol. The van der Waals surface area contributed by atoms with Crippen LogP contribution in [0.5, 0.6) is 5.75 Å². The van der Waals surface area contributed by atoms with E-state index in [0.29, 0.717) is 106 Å². The number of aromatic nitrogens is 4. The highest BCUT2D eigenvalue weighted by Gasteiger charge is 2.57. The van der Waals surface area contributed by atoms with Crippen LogP contribution in [0.15, 0.2) is 96.3 Å². The minimum Gasteiger partial charge on any atom is -0.478 e. The molecule has 628 valence electrons. The van der Waals surface area contributed by atoms with Crippen molar-refractivity contribution in [2.45, 2.75) is 159 Å². The second kappa shape index (κ2) is 35.8. The number of ketones is 1. The minimum atomic E-state index is -5.66. The number of aryl methyl sites for hydroxylation is 1. The summed E-state index contributed by atoms with van der Waals surface area (Å²) in [6, 6.07) is 11.2. The summed E-state index contributed by atoms with van der Waals surface area (Å²) >= 11 is 0. The molecule has 0 saturated carbocycles. The van der Waals surface area contributed by atoms with E-state index in [4.69, 9.17) is 14.0 Å². The summed E-state index contributed by atoms with van der Waals surface area (Å²) in [5.74, 6) is -10.6. The van der Waals surface area contributed by atoms with Crippen LogP contribution in [-0.2, 0) is 82.1 Å². The highest BCUT2D eigenvalue weighted by molar-refractivity contribution is 7.90. The molecule has 28 nitrogen and oxygen atoms in total. The number of rotatable bonds is 32. The van der Waals surface area contributed by atoms with Crippen molar-refractivity contribution < 1.29 is 129 Å². The number of alkyl halides is 8. The van der Waals surface area contributed by atoms with Crippen LogP contribution in [-0.4, -0.2) is 191 Å². The van der Waals surface area contributed by atoms with Gasteiger partial charge >= 0.3 is 50.7 Å². The molecule has 3 fully saturated rings. The zero-order valence-electron chi connectivity index (χ0n) is 64.2. The number of piperazine rings is 1. The predicted octanol–water partition coefficient (Wildman–Crippen LogP) is 10.5. The molecule has 9 rings (SSSR count). The molecule has 4 aromatic carbocycles. The smallest absolute Gasteiger partial charge is 0.478 e. The number of carboxylic acids is 1. The topological polar surface area (TPSA) is 367 Å². The lowest BCUT2D eigenvalue weighted by atomic mass is 9.75. The number of phosphoric ester groups is 1. The number of anilines is 2. The first-order valence-corrected chi connectivity index (χ1v) is 39.3. The Kier molecular flexibility index (Phi) is 27.7. The van der Waals surface area contributed by atoms with Crippen LogP contribution in [0.25, 0.3) is 11.3 Å². The second-order valence-electron chi connectivity index (χ2n) is 30.4. The van der Waals surface area contributed by atoms with Gasteiger partial charge in [-0.15, -0.1) is 0 Å². The van der Waals surface area contributed by atoms with E-state index in [1.165, 1.54) is 63.5 Å². The Hall–Kier alpha value is -10.1. The molecule has 3 aliphatic heterocycles. The van der Waals surface area contributed by atoms with E-state index < -0.39 is 208 Å². The molecule has 40 heteroatoms. The van der Waals surface area contributed by atoms with E-state index in [9.17, 15) is 60.6 Å². The third-order valence-electron chi connectivity index (χ3n) is 20.6. The molecule has 2 bridgehead atoms. The van der Waals surface area contributed by atoms with Gasteiger partial charge in [0, 0.05) is 102 Å². The van der Waals surface area contributed by atoms with Crippen LogP contribution in [0.3, 0.4) is 0 Å². The number of halogens is 10. The number of hydrazine groups is 1. The number of phosphoric acid groups is 1. The average Bonchev–Trinajstić information content (AvgIpc) is 1.52. The third kappa shape index (κ3) is 22.1. The number of nitrogens with one attached hydrogen (secondary N) is 3. The normalized spacial score (nSPS) is 16.8. The molecule has 3 aliphatic rings. The molecule has 0 aliphatic carbocycles.